The highest BCUT2D eigenvalue weighted by molar-refractivity contribution is 6.06. The van der Waals surface area contributed by atoms with E-state index in [2.05, 4.69) is 19.1 Å². The molecule has 3 aliphatic rings. The quantitative estimate of drug-likeness (QED) is 0.399. The molecule has 1 N–H and O–H groups in total. The summed E-state index contributed by atoms with van der Waals surface area (Å²) in [6.45, 7) is 2.26. The van der Waals surface area contributed by atoms with Crippen molar-refractivity contribution in [3.05, 3.63) is 64.3 Å². The Morgan fingerprint density at radius 2 is 1.94 bits per heavy atom. The fourth-order valence-corrected chi connectivity index (χ4v) is 4.90. The van der Waals surface area contributed by atoms with Crippen LogP contribution in [0.1, 0.15) is 93.9 Å². The van der Waals surface area contributed by atoms with Crippen molar-refractivity contribution in [2.24, 2.45) is 10.9 Å². The first-order valence-electron chi connectivity index (χ1n) is 11.9. The maximum atomic E-state index is 11.0. The van der Waals surface area contributed by atoms with Gasteiger partial charge in [-0.2, -0.15) is 0 Å². The first-order chi connectivity index (χ1) is 15.2. The average molecular weight is 420 g/mol. The number of nitrogens with zero attached hydrogens (tertiary/aromatic N) is 1. The van der Waals surface area contributed by atoms with Crippen LogP contribution in [0.25, 0.3) is 6.08 Å². The Balaban J connectivity index is 1.51. The molecule has 4 nitrogen and oxygen atoms in total. The number of aliphatic imine (C=N–C) groups is 1. The second kappa shape index (κ2) is 10.1. The molecule has 0 amide bonds. The van der Waals surface area contributed by atoms with Gasteiger partial charge < -0.3 is 9.52 Å². The maximum absolute atomic E-state index is 11.0. The summed E-state index contributed by atoms with van der Waals surface area (Å²) in [4.78, 5) is 16.1. The molecule has 1 aromatic rings. The van der Waals surface area contributed by atoms with Crippen molar-refractivity contribution in [2.75, 3.05) is 0 Å². The van der Waals surface area contributed by atoms with Crippen molar-refractivity contribution < 1.29 is 14.3 Å². The molecule has 1 fully saturated rings. The summed E-state index contributed by atoms with van der Waals surface area (Å²) in [5.41, 5.74) is 6.48. The first kappa shape index (κ1) is 21.6. The van der Waals surface area contributed by atoms with Crippen molar-refractivity contribution in [3.8, 4) is 0 Å². The van der Waals surface area contributed by atoms with Gasteiger partial charge in [0, 0.05) is 17.2 Å². The van der Waals surface area contributed by atoms with Gasteiger partial charge in [0.1, 0.15) is 5.76 Å². The van der Waals surface area contributed by atoms with E-state index >= 15 is 0 Å². The topological polar surface area (TPSA) is 62.8 Å². The standard InChI is InChI=1S/C27H33NO3/c1-2-3-4-5-6-7-10-19-13-14-20(15-16-21-17-18-24(31-21)27(29)30)26-25(19)22-11-8-9-12-23(22)28-26/h13-19H,2-12H2,1H3,(H,29,30)/b16-15+. The van der Waals surface area contributed by atoms with Crippen LogP contribution in [0.5, 0.6) is 0 Å². The molecule has 1 aliphatic heterocycles. The summed E-state index contributed by atoms with van der Waals surface area (Å²) in [5.74, 6) is -0.0687. The molecule has 0 saturated heterocycles. The molecule has 1 atom stereocenters. The molecule has 2 aliphatic carbocycles. The molecule has 164 valence electrons. The molecular weight excluding hydrogens is 386 g/mol. The van der Waals surface area contributed by atoms with Crippen molar-refractivity contribution in [1.82, 2.24) is 0 Å². The largest absolute Gasteiger partial charge is 0.475 e. The van der Waals surface area contributed by atoms with Gasteiger partial charge in [-0.25, -0.2) is 4.79 Å². The minimum absolute atomic E-state index is 0.0366. The van der Waals surface area contributed by atoms with E-state index in [1.165, 1.54) is 80.7 Å². The minimum Gasteiger partial charge on any atom is -0.475 e. The van der Waals surface area contributed by atoms with Crippen LogP contribution in [-0.4, -0.2) is 16.8 Å². The predicted octanol–water partition coefficient (Wildman–Crippen LogP) is 7.51. The molecule has 4 rings (SSSR count). The zero-order valence-electron chi connectivity index (χ0n) is 18.5. The number of aromatic carboxylic acids is 1. The molecule has 4 heteroatoms. The van der Waals surface area contributed by atoms with E-state index in [0.29, 0.717) is 11.7 Å². The van der Waals surface area contributed by atoms with Crippen molar-refractivity contribution in [1.29, 1.82) is 0 Å². The van der Waals surface area contributed by atoms with Gasteiger partial charge >= 0.3 is 5.97 Å². The molecule has 1 saturated carbocycles. The molecule has 0 radical (unpaired) electrons. The number of allylic oxidation sites excluding steroid dienone is 6. The first-order valence-corrected chi connectivity index (χ1v) is 11.9. The Labute approximate surface area is 185 Å². The number of hydrogen-bond acceptors (Lipinski definition) is 3. The van der Waals surface area contributed by atoms with Crippen LogP contribution in [0.3, 0.4) is 0 Å². The number of fused-ring (bicyclic) bond motifs is 2. The molecule has 0 bridgehead atoms. The van der Waals surface area contributed by atoms with E-state index in [1.54, 1.807) is 6.07 Å². The van der Waals surface area contributed by atoms with Gasteiger partial charge in [0.05, 0.1) is 5.70 Å². The van der Waals surface area contributed by atoms with E-state index in [1.807, 2.05) is 12.2 Å². The second-order valence-corrected chi connectivity index (χ2v) is 8.82. The van der Waals surface area contributed by atoms with Gasteiger partial charge in [0.25, 0.3) is 0 Å². The number of carboxylic acid groups (broad SMARTS) is 1. The number of carbonyl (C=O) groups is 1. The zero-order chi connectivity index (χ0) is 21.6. The lowest BCUT2D eigenvalue weighted by Crippen LogP contribution is -2.12. The molecule has 0 aromatic carbocycles. The van der Waals surface area contributed by atoms with Gasteiger partial charge in [-0.15, -0.1) is 0 Å². The van der Waals surface area contributed by atoms with E-state index < -0.39 is 5.97 Å². The van der Waals surface area contributed by atoms with E-state index in [-0.39, 0.29) is 5.76 Å². The summed E-state index contributed by atoms with van der Waals surface area (Å²) in [6.07, 6.45) is 22.3. The van der Waals surface area contributed by atoms with Crippen LogP contribution in [0, 0.1) is 5.92 Å². The van der Waals surface area contributed by atoms with Crippen LogP contribution in [-0.2, 0) is 0 Å². The number of carboxylic acids is 1. The summed E-state index contributed by atoms with van der Waals surface area (Å²) in [5, 5.41) is 9.05. The minimum atomic E-state index is -1.05. The van der Waals surface area contributed by atoms with Crippen molar-refractivity contribution in [2.45, 2.75) is 77.6 Å². The fourth-order valence-electron chi connectivity index (χ4n) is 4.90. The SMILES string of the molecule is CCCCCCCCC1C=CC(/C=C/c2ccc(C(=O)O)o2)=C2N=C3CCCCC3=C21. The third-order valence-electron chi connectivity index (χ3n) is 6.55. The van der Waals surface area contributed by atoms with Gasteiger partial charge in [-0.1, -0.05) is 57.6 Å². The van der Waals surface area contributed by atoms with Gasteiger partial charge in [0.2, 0.25) is 5.76 Å². The Bertz CT molecular complexity index is 970. The van der Waals surface area contributed by atoms with Crippen LogP contribution >= 0.6 is 0 Å². The molecule has 0 spiro atoms. The third-order valence-corrected chi connectivity index (χ3v) is 6.55. The molecule has 31 heavy (non-hydrogen) atoms. The highest BCUT2D eigenvalue weighted by Crippen LogP contribution is 2.44. The van der Waals surface area contributed by atoms with E-state index in [0.717, 1.165) is 24.1 Å². The fraction of sp³-hybridized carbons (Fsp3) is 0.481. The third kappa shape index (κ3) is 5.00. The van der Waals surface area contributed by atoms with Gasteiger partial charge in [-0.3, -0.25) is 4.99 Å². The normalized spacial score (nSPS) is 20.4. The monoisotopic (exact) mass is 419 g/mol. The summed E-state index contributed by atoms with van der Waals surface area (Å²) >= 11 is 0. The zero-order valence-corrected chi connectivity index (χ0v) is 18.5. The van der Waals surface area contributed by atoms with Crippen LogP contribution in [0.15, 0.2) is 62.2 Å². The Kier molecular flexibility index (Phi) is 7.06. The number of unbranched alkanes of at least 4 members (excludes halogenated alkanes) is 5. The van der Waals surface area contributed by atoms with Crippen molar-refractivity contribution in [3.63, 3.8) is 0 Å². The van der Waals surface area contributed by atoms with E-state index in [9.17, 15) is 4.79 Å². The molecular formula is C27H33NO3. The lowest BCUT2D eigenvalue weighted by atomic mass is 9.80. The lowest BCUT2D eigenvalue weighted by molar-refractivity contribution is 0.0662. The number of furan rings is 1. The predicted molar refractivity (Wildman–Crippen MR) is 125 cm³/mol. The van der Waals surface area contributed by atoms with Crippen LogP contribution < -0.4 is 0 Å². The number of hydrogen-bond donors (Lipinski definition) is 1. The smallest absolute Gasteiger partial charge is 0.371 e. The Morgan fingerprint density at radius 3 is 2.74 bits per heavy atom. The van der Waals surface area contributed by atoms with Gasteiger partial charge in [-0.05, 0) is 67.5 Å². The molecule has 1 unspecified atom stereocenters. The highest BCUT2D eigenvalue weighted by atomic mass is 16.4. The second-order valence-electron chi connectivity index (χ2n) is 8.82. The van der Waals surface area contributed by atoms with Crippen LogP contribution in [0.2, 0.25) is 0 Å². The lowest BCUT2D eigenvalue weighted by Gasteiger charge is -2.23. The van der Waals surface area contributed by atoms with Crippen LogP contribution in [0.4, 0.5) is 0 Å². The Morgan fingerprint density at radius 1 is 1.13 bits per heavy atom. The maximum Gasteiger partial charge on any atom is 0.371 e. The molecule has 1 aromatic heterocycles. The highest BCUT2D eigenvalue weighted by Gasteiger charge is 2.32. The summed E-state index contributed by atoms with van der Waals surface area (Å²) < 4.78 is 5.38. The summed E-state index contributed by atoms with van der Waals surface area (Å²) in [7, 11) is 0. The number of rotatable bonds is 10. The van der Waals surface area contributed by atoms with Crippen molar-refractivity contribution >= 4 is 17.8 Å². The Hall–Kier alpha value is -2.62. The van der Waals surface area contributed by atoms with Gasteiger partial charge in [0.15, 0.2) is 0 Å². The average Bonchev–Trinajstić information content (AvgIpc) is 3.40. The summed E-state index contributed by atoms with van der Waals surface area (Å²) in [6, 6.07) is 3.18. The van der Waals surface area contributed by atoms with E-state index in [4.69, 9.17) is 14.5 Å². The molecule has 2 heterocycles.